The molecule has 0 spiro atoms. The number of rotatable bonds is 6. The molecular formula is C19H20BrClN2O2. The largest absolute Gasteiger partial charge is 0.350 e. The molecule has 2 aromatic carbocycles. The van der Waals surface area contributed by atoms with E-state index >= 15 is 0 Å². The number of halogens is 2. The van der Waals surface area contributed by atoms with Gasteiger partial charge in [-0.2, -0.15) is 0 Å². The molecule has 6 heteroatoms. The third-order valence-corrected chi connectivity index (χ3v) is 4.61. The number of benzene rings is 2. The highest BCUT2D eigenvalue weighted by Crippen LogP contribution is 2.21. The van der Waals surface area contributed by atoms with Gasteiger partial charge in [-0.1, -0.05) is 46.6 Å². The van der Waals surface area contributed by atoms with Crippen LogP contribution in [-0.4, -0.2) is 17.9 Å². The van der Waals surface area contributed by atoms with Crippen molar-refractivity contribution >= 4 is 39.3 Å². The first-order valence-corrected chi connectivity index (χ1v) is 9.21. The molecule has 0 aromatic heterocycles. The first-order chi connectivity index (χ1) is 11.9. The van der Waals surface area contributed by atoms with E-state index in [0.29, 0.717) is 22.7 Å². The Bertz CT molecular complexity index is 780. The predicted molar refractivity (Wildman–Crippen MR) is 104 cm³/mol. The van der Waals surface area contributed by atoms with Crippen LogP contribution in [-0.2, 0) is 6.54 Å². The van der Waals surface area contributed by atoms with Crippen molar-refractivity contribution in [1.29, 1.82) is 0 Å². The number of carbonyl (C=O) groups excluding carboxylic acids is 2. The maximum atomic E-state index is 12.3. The van der Waals surface area contributed by atoms with Crippen LogP contribution in [0.3, 0.4) is 0 Å². The Morgan fingerprint density at radius 1 is 1.16 bits per heavy atom. The van der Waals surface area contributed by atoms with Crippen LogP contribution in [0.5, 0.6) is 0 Å². The second kappa shape index (κ2) is 9.02. The summed E-state index contributed by atoms with van der Waals surface area (Å²) >= 11 is 9.40. The molecule has 0 radical (unpaired) electrons. The van der Waals surface area contributed by atoms with Crippen LogP contribution in [0.4, 0.5) is 0 Å². The van der Waals surface area contributed by atoms with E-state index in [2.05, 4.69) is 26.6 Å². The Labute approximate surface area is 161 Å². The van der Waals surface area contributed by atoms with Gasteiger partial charge in [0.05, 0.1) is 10.6 Å². The van der Waals surface area contributed by atoms with E-state index in [0.717, 1.165) is 16.5 Å². The Balaban J connectivity index is 2.02. The molecular weight excluding hydrogens is 404 g/mol. The normalized spacial score (nSPS) is 11.7. The van der Waals surface area contributed by atoms with Crippen LogP contribution >= 0.6 is 27.5 Å². The number of hydrogen-bond acceptors (Lipinski definition) is 2. The second-order valence-electron chi connectivity index (χ2n) is 5.79. The zero-order valence-electron chi connectivity index (χ0n) is 14.1. The molecule has 2 aromatic rings. The van der Waals surface area contributed by atoms with Gasteiger partial charge in [-0.15, -0.1) is 0 Å². The summed E-state index contributed by atoms with van der Waals surface area (Å²) in [5, 5.41) is 6.13. The lowest BCUT2D eigenvalue weighted by molar-refractivity contribution is 0.0936. The molecule has 25 heavy (non-hydrogen) atoms. The highest BCUT2D eigenvalue weighted by atomic mass is 79.9. The summed E-state index contributed by atoms with van der Waals surface area (Å²) < 4.78 is 0.814. The first-order valence-electron chi connectivity index (χ1n) is 8.03. The molecule has 0 aliphatic carbocycles. The fourth-order valence-corrected chi connectivity index (χ4v) is 2.94. The molecule has 132 valence electrons. The molecule has 2 amide bonds. The Kier molecular flexibility index (Phi) is 7.02. The van der Waals surface area contributed by atoms with Gasteiger partial charge in [-0.3, -0.25) is 9.59 Å². The summed E-state index contributed by atoms with van der Waals surface area (Å²) in [4.78, 5) is 24.4. The summed E-state index contributed by atoms with van der Waals surface area (Å²) in [6, 6.07) is 12.4. The minimum Gasteiger partial charge on any atom is -0.350 e. The molecule has 2 N–H and O–H groups in total. The molecule has 0 fully saturated rings. The quantitative estimate of drug-likeness (QED) is 0.715. The molecule has 0 saturated heterocycles. The predicted octanol–water partition coefficient (Wildman–Crippen LogP) is 4.56. The third kappa shape index (κ3) is 5.58. The number of carbonyl (C=O) groups is 2. The van der Waals surface area contributed by atoms with Crippen molar-refractivity contribution in [2.24, 2.45) is 0 Å². The number of hydrogen-bond donors (Lipinski definition) is 2. The summed E-state index contributed by atoms with van der Waals surface area (Å²) in [5.41, 5.74) is 1.84. The van der Waals surface area contributed by atoms with Crippen molar-refractivity contribution in [3.05, 3.63) is 68.7 Å². The molecule has 0 aliphatic rings. The van der Waals surface area contributed by atoms with E-state index in [9.17, 15) is 9.59 Å². The summed E-state index contributed by atoms with van der Waals surface area (Å²) in [6.07, 6.45) is 0.870. The molecule has 0 bridgehead atoms. The highest BCUT2D eigenvalue weighted by molar-refractivity contribution is 9.10. The van der Waals surface area contributed by atoms with E-state index < -0.39 is 0 Å². The van der Waals surface area contributed by atoms with Gasteiger partial charge < -0.3 is 10.6 Å². The lowest BCUT2D eigenvalue weighted by Crippen LogP contribution is -2.32. The average molecular weight is 424 g/mol. The van der Waals surface area contributed by atoms with E-state index in [1.807, 2.05) is 19.9 Å². The minimum atomic E-state index is -0.257. The van der Waals surface area contributed by atoms with Gasteiger partial charge in [0.25, 0.3) is 11.8 Å². The summed E-state index contributed by atoms with van der Waals surface area (Å²) in [5.74, 6) is -0.370. The zero-order valence-corrected chi connectivity index (χ0v) is 16.4. The highest BCUT2D eigenvalue weighted by Gasteiger charge is 2.12. The molecule has 4 nitrogen and oxygen atoms in total. The van der Waals surface area contributed by atoms with E-state index in [1.165, 1.54) is 0 Å². The maximum absolute atomic E-state index is 12.3. The molecule has 1 atom stereocenters. The van der Waals surface area contributed by atoms with E-state index in [1.54, 1.807) is 36.4 Å². The lowest BCUT2D eigenvalue weighted by atomic mass is 10.1. The van der Waals surface area contributed by atoms with Crippen LogP contribution in [0.2, 0.25) is 5.02 Å². The van der Waals surface area contributed by atoms with Crippen molar-refractivity contribution in [3.8, 4) is 0 Å². The van der Waals surface area contributed by atoms with Gasteiger partial charge in [0.1, 0.15) is 0 Å². The van der Waals surface area contributed by atoms with E-state index in [-0.39, 0.29) is 17.9 Å². The average Bonchev–Trinajstić information content (AvgIpc) is 2.59. The monoisotopic (exact) mass is 422 g/mol. The van der Waals surface area contributed by atoms with Crippen molar-refractivity contribution < 1.29 is 9.59 Å². The van der Waals surface area contributed by atoms with Crippen LogP contribution in [0.25, 0.3) is 0 Å². The van der Waals surface area contributed by atoms with Gasteiger partial charge in [0.15, 0.2) is 0 Å². The van der Waals surface area contributed by atoms with Crippen molar-refractivity contribution in [2.75, 3.05) is 0 Å². The molecule has 0 heterocycles. The Morgan fingerprint density at radius 3 is 2.60 bits per heavy atom. The third-order valence-electron chi connectivity index (χ3n) is 3.81. The van der Waals surface area contributed by atoms with Gasteiger partial charge in [-0.25, -0.2) is 0 Å². The van der Waals surface area contributed by atoms with Crippen molar-refractivity contribution in [1.82, 2.24) is 10.6 Å². The fourth-order valence-electron chi connectivity index (χ4n) is 2.18. The van der Waals surface area contributed by atoms with Gasteiger partial charge >= 0.3 is 0 Å². The summed E-state index contributed by atoms with van der Waals surface area (Å²) in [7, 11) is 0. The smallest absolute Gasteiger partial charge is 0.253 e. The lowest BCUT2D eigenvalue weighted by Gasteiger charge is -2.12. The van der Waals surface area contributed by atoms with Crippen LogP contribution < -0.4 is 10.6 Å². The maximum Gasteiger partial charge on any atom is 0.253 e. The molecule has 0 saturated carbocycles. The summed E-state index contributed by atoms with van der Waals surface area (Å²) in [6.45, 7) is 4.30. The minimum absolute atomic E-state index is 0.113. The van der Waals surface area contributed by atoms with Crippen molar-refractivity contribution in [3.63, 3.8) is 0 Å². The van der Waals surface area contributed by atoms with Crippen LogP contribution in [0, 0.1) is 0 Å². The first kappa shape index (κ1) is 19.5. The van der Waals surface area contributed by atoms with Gasteiger partial charge in [-0.05, 0) is 49.2 Å². The van der Waals surface area contributed by atoms with Crippen LogP contribution in [0.1, 0.15) is 46.5 Å². The fraction of sp³-hybridized carbons (Fsp3) is 0.263. The van der Waals surface area contributed by atoms with Gasteiger partial charge in [0.2, 0.25) is 0 Å². The zero-order chi connectivity index (χ0) is 18.4. The van der Waals surface area contributed by atoms with Crippen molar-refractivity contribution in [2.45, 2.75) is 32.9 Å². The Hall–Kier alpha value is -1.85. The molecule has 2 rings (SSSR count). The van der Waals surface area contributed by atoms with E-state index in [4.69, 9.17) is 11.6 Å². The number of nitrogens with one attached hydrogen (secondary N) is 2. The standard InChI is InChI=1S/C19H20BrClN2O2/c1-3-12(2)23-18(24)14-6-4-5-13(9-14)11-22-19(25)16-8-7-15(20)10-17(16)21/h4-10,12H,3,11H2,1-2H3,(H,22,25)(H,23,24). The molecule has 1 unspecified atom stereocenters. The van der Waals surface area contributed by atoms with Crippen LogP contribution in [0.15, 0.2) is 46.9 Å². The second-order valence-corrected chi connectivity index (χ2v) is 7.11. The number of amides is 2. The SMILES string of the molecule is CCC(C)NC(=O)c1cccc(CNC(=O)c2ccc(Br)cc2Cl)c1. The topological polar surface area (TPSA) is 58.2 Å². The van der Waals surface area contributed by atoms with Gasteiger partial charge in [0, 0.05) is 22.6 Å². The molecule has 0 aliphatic heterocycles. The Morgan fingerprint density at radius 2 is 1.92 bits per heavy atom.